The number of benzene rings is 5. The van der Waals surface area contributed by atoms with Crippen molar-refractivity contribution < 1.29 is 9.53 Å². The Morgan fingerprint density at radius 1 is 0.905 bits per heavy atom. The highest BCUT2D eigenvalue weighted by atomic mass is 79.9. The Hall–Kier alpha value is -4.79. The largest absolute Gasteiger partial charge is 0.488 e. The number of aromatic nitrogens is 1. The van der Waals surface area contributed by atoms with Gasteiger partial charge in [-0.2, -0.15) is 5.10 Å². The van der Waals surface area contributed by atoms with E-state index in [1.54, 1.807) is 18.3 Å². The maximum Gasteiger partial charge on any atom is 0.271 e. The fourth-order valence-electron chi connectivity index (χ4n) is 4.42. The second-order valence-electron chi connectivity index (χ2n) is 9.42. The van der Waals surface area contributed by atoms with Crippen LogP contribution in [0.1, 0.15) is 21.5 Å². The van der Waals surface area contributed by atoms with Crippen molar-refractivity contribution in [3.05, 3.63) is 142 Å². The molecule has 1 aromatic heterocycles. The van der Waals surface area contributed by atoms with E-state index in [1.807, 2.05) is 84.2 Å². The first-order valence-corrected chi connectivity index (χ1v) is 14.9. The molecule has 2 N–H and O–H groups in total. The van der Waals surface area contributed by atoms with Crippen molar-refractivity contribution in [3.63, 3.8) is 0 Å². The molecule has 42 heavy (non-hydrogen) atoms. The molecule has 0 spiro atoms. The van der Waals surface area contributed by atoms with E-state index in [0.717, 1.165) is 43.4 Å². The van der Waals surface area contributed by atoms with E-state index in [0.29, 0.717) is 12.2 Å². The number of rotatable bonds is 9. The number of halogens is 1. The Bertz CT molecular complexity index is 1870. The first-order valence-electron chi connectivity index (χ1n) is 13.2. The number of carbonyl (C=O) groups is 1. The molecular weight excluding hydrogens is 608 g/mol. The summed E-state index contributed by atoms with van der Waals surface area (Å²) in [5.74, 6) is 0.434. The summed E-state index contributed by atoms with van der Waals surface area (Å²) in [6, 6.07) is 37.4. The predicted molar refractivity (Wildman–Crippen MR) is 175 cm³/mol. The molecule has 0 fully saturated rings. The number of fused-ring (bicyclic) bond motifs is 1. The number of thiazole rings is 1. The van der Waals surface area contributed by atoms with Gasteiger partial charge in [0.1, 0.15) is 12.4 Å². The van der Waals surface area contributed by atoms with Crippen LogP contribution in [0.3, 0.4) is 0 Å². The fraction of sp³-hybridized carbons (Fsp3) is 0.0294. The normalized spacial score (nSPS) is 11.1. The Morgan fingerprint density at radius 2 is 1.69 bits per heavy atom. The van der Waals surface area contributed by atoms with Crippen LogP contribution in [-0.2, 0) is 6.61 Å². The van der Waals surface area contributed by atoms with Gasteiger partial charge in [0.25, 0.3) is 5.91 Å². The monoisotopic (exact) mass is 632 g/mol. The van der Waals surface area contributed by atoms with Gasteiger partial charge in [-0.15, -0.1) is 11.3 Å². The van der Waals surface area contributed by atoms with Crippen LogP contribution in [0, 0.1) is 0 Å². The average Bonchev–Trinajstić information content (AvgIpc) is 3.49. The zero-order valence-corrected chi connectivity index (χ0v) is 24.7. The van der Waals surface area contributed by atoms with Crippen LogP contribution in [0.25, 0.3) is 22.0 Å². The van der Waals surface area contributed by atoms with Crippen LogP contribution in [0.2, 0.25) is 0 Å². The van der Waals surface area contributed by atoms with Crippen LogP contribution in [0.15, 0.2) is 130 Å². The van der Waals surface area contributed by atoms with Gasteiger partial charge in [0.05, 0.1) is 16.4 Å². The number of nitrogens with zero attached hydrogens (tertiary/aromatic N) is 2. The molecule has 0 bridgehead atoms. The van der Waals surface area contributed by atoms with Gasteiger partial charge in [0.15, 0.2) is 5.13 Å². The van der Waals surface area contributed by atoms with E-state index in [9.17, 15) is 4.79 Å². The van der Waals surface area contributed by atoms with Crippen LogP contribution in [0.5, 0.6) is 5.75 Å². The topological polar surface area (TPSA) is 75.6 Å². The summed E-state index contributed by atoms with van der Waals surface area (Å²) in [6.45, 7) is 0.455. The number of amides is 1. The minimum Gasteiger partial charge on any atom is -0.488 e. The summed E-state index contributed by atoms with van der Waals surface area (Å²) in [7, 11) is 0. The molecule has 1 heterocycles. The lowest BCUT2D eigenvalue weighted by atomic mass is 10.1. The SMILES string of the molecule is O=C(N/N=C\c1ccc(OCc2cccc3ccccc23)c(Br)c1)c1ccc(-c2csc(Nc3ccccc3)n2)cc1. The van der Waals surface area contributed by atoms with Crippen LogP contribution in [0.4, 0.5) is 10.8 Å². The van der Waals surface area contributed by atoms with E-state index in [1.165, 1.54) is 22.1 Å². The zero-order valence-electron chi connectivity index (χ0n) is 22.3. The molecule has 0 unspecified atom stereocenters. The number of hydrogen-bond donors (Lipinski definition) is 2. The number of ether oxygens (including phenoxy) is 1. The van der Waals surface area contributed by atoms with Gasteiger partial charge in [-0.05, 0) is 80.3 Å². The van der Waals surface area contributed by atoms with Crippen LogP contribution >= 0.6 is 27.3 Å². The highest BCUT2D eigenvalue weighted by molar-refractivity contribution is 9.10. The third kappa shape index (κ3) is 6.57. The summed E-state index contributed by atoms with van der Waals surface area (Å²) in [6.07, 6.45) is 1.60. The molecule has 1 amide bonds. The van der Waals surface area contributed by atoms with Crippen molar-refractivity contribution >= 4 is 61.0 Å². The molecule has 206 valence electrons. The molecule has 0 atom stereocenters. The summed E-state index contributed by atoms with van der Waals surface area (Å²) < 4.78 is 6.89. The summed E-state index contributed by atoms with van der Waals surface area (Å²) in [4.78, 5) is 17.3. The van der Waals surface area contributed by atoms with E-state index < -0.39 is 0 Å². The number of anilines is 2. The van der Waals surface area contributed by atoms with Gasteiger partial charge in [0, 0.05) is 22.2 Å². The second-order valence-corrected chi connectivity index (χ2v) is 11.1. The number of hydrogen-bond acceptors (Lipinski definition) is 6. The van der Waals surface area contributed by atoms with Gasteiger partial charge in [-0.25, -0.2) is 10.4 Å². The molecule has 0 aliphatic heterocycles. The van der Waals surface area contributed by atoms with Crippen molar-refractivity contribution in [2.75, 3.05) is 5.32 Å². The highest BCUT2D eigenvalue weighted by Gasteiger charge is 2.09. The van der Waals surface area contributed by atoms with E-state index in [2.05, 4.69) is 61.0 Å². The smallest absolute Gasteiger partial charge is 0.271 e. The van der Waals surface area contributed by atoms with E-state index >= 15 is 0 Å². The highest BCUT2D eigenvalue weighted by Crippen LogP contribution is 2.29. The molecule has 6 aromatic rings. The van der Waals surface area contributed by atoms with Crippen molar-refractivity contribution in [1.29, 1.82) is 0 Å². The number of hydrazone groups is 1. The molecule has 8 heteroatoms. The van der Waals surface area contributed by atoms with Gasteiger partial charge >= 0.3 is 0 Å². The minimum atomic E-state index is -0.295. The second kappa shape index (κ2) is 12.8. The standard InChI is InChI=1S/C34H25BrN4O2S/c35-30-19-23(13-18-32(30)41-21-27-9-6-8-24-7-4-5-12-29(24)27)20-36-39-33(40)26-16-14-25(15-17-26)31-22-42-34(38-31)37-28-10-2-1-3-11-28/h1-20,22H,21H2,(H,37,38)(H,39,40)/b36-20-. The van der Waals surface area contributed by atoms with Crippen molar-refractivity contribution in [3.8, 4) is 17.0 Å². The summed E-state index contributed by atoms with van der Waals surface area (Å²) in [5.41, 5.74) is 7.81. The molecule has 0 aliphatic carbocycles. The third-order valence-electron chi connectivity index (χ3n) is 6.57. The minimum absolute atomic E-state index is 0.295. The molecular formula is C34H25BrN4O2S. The van der Waals surface area contributed by atoms with E-state index in [-0.39, 0.29) is 5.91 Å². The molecule has 6 nitrogen and oxygen atoms in total. The van der Waals surface area contributed by atoms with Crippen LogP contribution in [-0.4, -0.2) is 17.1 Å². The molecule has 0 saturated heterocycles. The lowest BCUT2D eigenvalue weighted by Gasteiger charge is -2.11. The molecule has 5 aromatic carbocycles. The van der Waals surface area contributed by atoms with E-state index in [4.69, 9.17) is 4.74 Å². The van der Waals surface area contributed by atoms with Crippen LogP contribution < -0.4 is 15.5 Å². The molecule has 0 aliphatic rings. The number of nitrogens with one attached hydrogen (secondary N) is 2. The average molecular weight is 634 g/mol. The molecule has 6 rings (SSSR count). The fourth-order valence-corrected chi connectivity index (χ4v) is 5.67. The lowest BCUT2D eigenvalue weighted by molar-refractivity contribution is 0.0955. The Balaban J connectivity index is 1.03. The Kier molecular flexibility index (Phi) is 8.35. The first kappa shape index (κ1) is 27.4. The first-order chi connectivity index (χ1) is 20.6. The van der Waals surface area contributed by atoms with Gasteiger partial charge < -0.3 is 10.1 Å². The van der Waals surface area contributed by atoms with Crippen molar-refractivity contribution in [1.82, 2.24) is 10.4 Å². The molecule has 0 saturated carbocycles. The Labute approximate surface area is 255 Å². The molecule has 0 radical (unpaired) electrons. The van der Waals surface area contributed by atoms with Gasteiger partial charge in [-0.1, -0.05) is 72.8 Å². The maximum atomic E-state index is 12.6. The third-order valence-corrected chi connectivity index (χ3v) is 7.95. The zero-order chi connectivity index (χ0) is 28.7. The van der Waals surface area contributed by atoms with Crippen molar-refractivity contribution in [2.24, 2.45) is 5.10 Å². The number of carbonyl (C=O) groups excluding carboxylic acids is 1. The maximum absolute atomic E-state index is 12.6. The summed E-state index contributed by atoms with van der Waals surface area (Å²) >= 11 is 5.12. The lowest BCUT2D eigenvalue weighted by Crippen LogP contribution is -2.17. The van der Waals surface area contributed by atoms with Gasteiger partial charge in [-0.3, -0.25) is 4.79 Å². The van der Waals surface area contributed by atoms with Crippen molar-refractivity contribution in [2.45, 2.75) is 6.61 Å². The van der Waals surface area contributed by atoms with Gasteiger partial charge in [0.2, 0.25) is 0 Å². The quantitative estimate of drug-likeness (QED) is 0.123. The summed E-state index contributed by atoms with van der Waals surface area (Å²) in [5, 5.41) is 12.6. The predicted octanol–water partition coefficient (Wildman–Crippen LogP) is 8.81. The Morgan fingerprint density at radius 3 is 2.52 bits per heavy atom. The number of para-hydroxylation sites is 1.